The van der Waals surface area contributed by atoms with Crippen molar-refractivity contribution in [2.75, 3.05) is 19.8 Å². The first-order chi connectivity index (χ1) is 6.70. The van der Waals surface area contributed by atoms with Crippen LogP contribution < -0.4 is 5.32 Å². The Morgan fingerprint density at radius 3 is 2.57 bits per heavy atom. The molecule has 2 aliphatic rings. The van der Waals surface area contributed by atoms with E-state index in [1.807, 2.05) is 0 Å². The highest BCUT2D eigenvalue weighted by molar-refractivity contribution is 5.78. The van der Waals surface area contributed by atoms with Crippen LogP contribution in [0, 0.1) is 11.3 Å². The fourth-order valence-corrected chi connectivity index (χ4v) is 2.19. The van der Waals surface area contributed by atoms with E-state index in [0.29, 0.717) is 5.92 Å². The average molecular weight is 197 g/mol. The predicted molar refractivity (Wildman–Crippen MR) is 53.9 cm³/mol. The second-order valence-corrected chi connectivity index (χ2v) is 5.00. The molecule has 0 aromatic heterocycles. The molecular weight excluding hydrogens is 178 g/mol. The molecule has 80 valence electrons. The van der Waals surface area contributed by atoms with Crippen LogP contribution in [0.15, 0.2) is 0 Å². The number of amides is 1. The number of ether oxygens (including phenoxy) is 1. The van der Waals surface area contributed by atoms with Crippen molar-refractivity contribution in [2.24, 2.45) is 11.3 Å². The quantitative estimate of drug-likeness (QED) is 0.741. The third kappa shape index (κ3) is 2.08. The van der Waals surface area contributed by atoms with E-state index in [4.69, 9.17) is 4.74 Å². The highest BCUT2D eigenvalue weighted by atomic mass is 16.5. The lowest BCUT2D eigenvalue weighted by molar-refractivity contribution is -0.130. The summed E-state index contributed by atoms with van der Waals surface area (Å²) in [6.45, 7) is 4.52. The zero-order valence-corrected chi connectivity index (χ0v) is 8.84. The van der Waals surface area contributed by atoms with Gasteiger partial charge in [-0.05, 0) is 12.8 Å². The van der Waals surface area contributed by atoms with Gasteiger partial charge in [-0.15, -0.1) is 0 Å². The van der Waals surface area contributed by atoms with E-state index in [-0.39, 0.29) is 11.3 Å². The summed E-state index contributed by atoms with van der Waals surface area (Å²) in [7, 11) is 0. The van der Waals surface area contributed by atoms with Crippen LogP contribution in [0.4, 0.5) is 0 Å². The molecule has 0 spiro atoms. The Bertz CT molecular complexity index is 217. The lowest BCUT2D eigenvalue weighted by Crippen LogP contribution is -2.49. The molecule has 2 fully saturated rings. The standard InChI is InChI=1S/C11H19NO2/c1-11(7-14-8-11)6-12-10(13)9-4-2-3-5-9/h9H,2-8H2,1H3,(H,12,13). The van der Waals surface area contributed by atoms with E-state index in [0.717, 1.165) is 32.6 Å². The van der Waals surface area contributed by atoms with Crippen molar-refractivity contribution in [3.8, 4) is 0 Å². The molecule has 0 atom stereocenters. The lowest BCUT2D eigenvalue weighted by atomic mass is 9.88. The van der Waals surface area contributed by atoms with Gasteiger partial charge in [0.1, 0.15) is 0 Å². The summed E-state index contributed by atoms with van der Waals surface area (Å²) in [5.74, 6) is 0.551. The number of rotatable bonds is 3. The fraction of sp³-hybridized carbons (Fsp3) is 0.909. The van der Waals surface area contributed by atoms with Crippen molar-refractivity contribution in [1.82, 2.24) is 5.32 Å². The summed E-state index contributed by atoms with van der Waals surface area (Å²) in [6.07, 6.45) is 4.61. The molecule has 1 aliphatic carbocycles. The van der Waals surface area contributed by atoms with Crippen LogP contribution in [0.5, 0.6) is 0 Å². The summed E-state index contributed by atoms with van der Waals surface area (Å²) in [5, 5.41) is 3.05. The van der Waals surface area contributed by atoms with Gasteiger partial charge in [0.2, 0.25) is 5.91 Å². The van der Waals surface area contributed by atoms with Crippen molar-refractivity contribution < 1.29 is 9.53 Å². The topological polar surface area (TPSA) is 38.3 Å². The number of carbonyl (C=O) groups is 1. The fourth-order valence-electron chi connectivity index (χ4n) is 2.19. The van der Waals surface area contributed by atoms with Gasteiger partial charge < -0.3 is 10.1 Å². The molecule has 3 heteroatoms. The van der Waals surface area contributed by atoms with Crippen LogP contribution in [-0.4, -0.2) is 25.7 Å². The second kappa shape index (κ2) is 3.89. The Morgan fingerprint density at radius 1 is 1.43 bits per heavy atom. The van der Waals surface area contributed by atoms with E-state index in [1.165, 1.54) is 12.8 Å². The van der Waals surface area contributed by atoms with Crippen LogP contribution >= 0.6 is 0 Å². The van der Waals surface area contributed by atoms with Crippen LogP contribution in [0.25, 0.3) is 0 Å². The Morgan fingerprint density at radius 2 is 2.07 bits per heavy atom. The predicted octanol–water partition coefficient (Wildman–Crippen LogP) is 1.33. The van der Waals surface area contributed by atoms with Crippen LogP contribution in [0.3, 0.4) is 0 Å². The van der Waals surface area contributed by atoms with Crippen molar-refractivity contribution in [3.63, 3.8) is 0 Å². The summed E-state index contributed by atoms with van der Waals surface area (Å²) >= 11 is 0. The molecule has 2 rings (SSSR count). The Hall–Kier alpha value is -0.570. The molecule has 0 bridgehead atoms. The van der Waals surface area contributed by atoms with Crippen molar-refractivity contribution in [2.45, 2.75) is 32.6 Å². The van der Waals surface area contributed by atoms with Gasteiger partial charge in [0, 0.05) is 17.9 Å². The molecule has 0 aromatic carbocycles. The number of hydrogen-bond donors (Lipinski definition) is 1. The first kappa shape index (κ1) is 9.97. The summed E-state index contributed by atoms with van der Waals surface area (Å²) in [4.78, 5) is 11.7. The van der Waals surface area contributed by atoms with Crippen LogP contribution in [0.2, 0.25) is 0 Å². The molecule has 14 heavy (non-hydrogen) atoms. The second-order valence-electron chi connectivity index (χ2n) is 5.00. The molecule has 0 radical (unpaired) electrons. The molecular formula is C11H19NO2. The van der Waals surface area contributed by atoms with Gasteiger partial charge in [0.15, 0.2) is 0 Å². The van der Waals surface area contributed by atoms with Gasteiger partial charge in [-0.25, -0.2) is 0 Å². The third-order valence-corrected chi connectivity index (χ3v) is 3.32. The first-order valence-electron chi connectivity index (χ1n) is 5.55. The third-order valence-electron chi connectivity index (χ3n) is 3.32. The van der Waals surface area contributed by atoms with Crippen LogP contribution in [-0.2, 0) is 9.53 Å². The number of carbonyl (C=O) groups excluding carboxylic acids is 1. The highest BCUT2D eigenvalue weighted by Crippen LogP contribution is 2.27. The van der Waals surface area contributed by atoms with E-state index in [1.54, 1.807) is 0 Å². The molecule has 0 aromatic rings. The first-order valence-corrected chi connectivity index (χ1v) is 5.55. The van der Waals surface area contributed by atoms with Gasteiger partial charge in [0.25, 0.3) is 0 Å². The average Bonchev–Trinajstić information content (AvgIpc) is 2.63. The van der Waals surface area contributed by atoms with Crippen LogP contribution in [0.1, 0.15) is 32.6 Å². The summed E-state index contributed by atoms with van der Waals surface area (Å²) in [6, 6.07) is 0. The largest absolute Gasteiger partial charge is 0.380 e. The van der Waals surface area contributed by atoms with Gasteiger partial charge in [-0.2, -0.15) is 0 Å². The van der Waals surface area contributed by atoms with Gasteiger partial charge in [-0.3, -0.25) is 4.79 Å². The molecule has 1 N–H and O–H groups in total. The van der Waals surface area contributed by atoms with Gasteiger partial charge in [-0.1, -0.05) is 19.8 Å². The van der Waals surface area contributed by atoms with E-state index in [2.05, 4.69) is 12.2 Å². The molecule has 1 saturated carbocycles. The van der Waals surface area contributed by atoms with E-state index in [9.17, 15) is 4.79 Å². The smallest absolute Gasteiger partial charge is 0.223 e. The maximum absolute atomic E-state index is 11.7. The Labute approximate surface area is 85.2 Å². The summed E-state index contributed by atoms with van der Waals surface area (Å²) < 4.78 is 5.14. The Balaban J connectivity index is 1.71. The SMILES string of the molecule is CC1(CNC(=O)C2CCCC2)COC1. The normalized spacial score (nSPS) is 25.8. The minimum Gasteiger partial charge on any atom is -0.380 e. The molecule has 1 saturated heterocycles. The Kier molecular flexibility index (Phi) is 2.77. The molecule has 1 aliphatic heterocycles. The zero-order chi connectivity index (χ0) is 10.0. The highest BCUT2D eigenvalue weighted by Gasteiger charge is 2.34. The van der Waals surface area contributed by atoms with E-state index < -0.39 is 0 Å². The lowest BCUT2D eigenvalue weighted by Gasteiger charge is -2.38. The minimum absolute atomic E-state index is 0.203. The van der Waals surface area contributed by atoms with Gasteiger partial charge in [0.05, 0.1) is 13.2 Å². The summed E-state index contributed by atoms with van der Waals surface area (Å²) in [5.41, 5.74) is 0.203. The van der Waals surface area contributed by atoms with E-state index >= 15 is 0 Å². The zero-order valence-electron chi connectivity index (χ0n) is 8.84. The maximum Gasteiger partial charge on any atom is 0.223 e. The molecule has 1 heterocycles. The number of nitrogens with one attached hydrogen (secondary N) is 1. The van der Waals surface area contributed by atoms with Crippen molar-refractivity contribution in [1.29, 1.82) is 0 Å². The van der Waals surface area contributed by atoms with Crippen molar-refractivity contribution in [3.05, 3.63) is 0 Å². The molecule has 1 amide bonds. The number of hydrogen-bond acceptors (Lipinski definition) is 2. The monoisotopic (exact) mass is 197 g/mol. The van der Waals surface area contributed by atoms with Gasteiger partial charge >= 0.3 is 0 Å². The minimum atomic E-state index is 0.203. The maximum atomic E-state index is 11.7. The molecule has 3 nitrogen and oxygen atoms in total. The van der Waals surface area contributed by atoms with Crippen molar-refractivity contribution >= 4 is 5.91 Å². The molecule has 0 unspecified atom stereocenters.